The van der Waals surface area contributed by atoms with E-state index in [0.717, 1.165) is 13.0 Å². The molecule has 1 N–H and O–H groups in total. The second-order valence-electron chi connectivity index (χ2n) is 9.08. The number of rotatable bonds is 18. The van der Waals surface area contributed by atoms with Crippen molar-refractivity contribution in [3.63, 3.8) is 0 Å². The summed E-state index contributed by atoms with van der Waals surface area (Å²) < 4.78 is 2.49. The largest absolute Gasteiger partial charge is 0.257 e. The van der Waals surface area contributed by atoms with E-state index in [9.17, 15) is 0 Å². The molecular formula is C28H47N2+. The third-order valence-corrected chi connectivity index (χ3v) is 6.43. The quantitative estimate of drug-likeness (QED) is 0.189. The third-order valence-electron chi connectivity index (χ3n) is 6.43. The highest BCUT2D eigenvalue weighted by Crippen LogP contribution is 2.24. The van der Waals surface area contributed by atoms with Crippen molar-refractivity contribution in [3.8, 4) is 0 Å². The Morgan fingerprint density at radius 1 is 0.733 bits per heavy atom. The molecule has 0 amide bonds. The number of benzene rings is 1. The molecule has 30 heavy (non-hydrogen) atoms. The van der Waals surface area contributed by atoms with Crippen LogP contribution >= 0.6 is 0 Å². The molecule has 0 aliphatic heterocycles. The van der Waals surface area contributed by atoms with Gasteiger partial charge in [0.2, 0.25) is 0 Å². The summed E-state index contributed by atoms with van der Waals surface area (Å²) in [7, 11) is 0. The van der Waals surface area contributed by atoms with Crippen LogP contribution in [-0.2, 0) is 13.0 Å². The van der Waals surface area contributed by atoms with Crippen LogP contribution in [0, 0.1) is 0 Å². The molecule has 0 spiro atoms. The Kier molecular flexibility index (Phi) is 13.3. The topological polar surface area (TPSA) is 19.7 Å². The molecule has 0 fully saturated rings. The van der Waals surface area contributed by atoms with Crippen LogP contribution in [0.5, 0.6) is 0 Å². The molecule has 1 aromatic carbocycles. The number of aromatic amines is 1. The lowest BCUT2D eigenvalue weighted by Crippen LogP contribution is -2.37. The number of H-pyrrole nitrogens is 1. The van der Waals surface area contributed by atoms with Crippen LogP contribution in [0.4, 0.5) is 0 Å². The SMILES string of the molecule is CCCCCCCCCCCC[C@H](CCC)c1[nH]cc[n+]1CCCc1ccccc1. The maximum absolute atomic E-state index is 3.59. The summed E-state index contributed by atoms with van der Waals surface area (Å²) in [5.41, 5.74) is 1.45. The summed E-state index contributed by atoms with van der Waals surface area (Å²) in [6.07, 6.45) is 24.9. The summed E-state index contributed by atoms with van der Waals surface area (Å²) in [6, 6.07) is 10.9. The van der Waals surface area contributed by atoms with Crippen LogP contribution in [-0.4, -0.2) is 4.98 Å². The number of nitrogens with one attached hydrogen (secondary N) is 1. The van der Waals surface area contributed by atoms with E-state index >= 15 is 0 Å². The minimum atomic E-state index is 0.691. The first-order valence-corrected chi connectivity index (χ1v) is 13.0. The number of unbranched alkanes of at least 4 members (excludes halogenated alkanes) is 9. The van der Waals surface area contributed by atoms with Crippen molar-refractivity contribution < 1.29 is 4.57 Å². The van der Waals surface area contributed by atoms with Crippen LogP contribution in [0.25, 0.3) is 0 Å². The first-order valence-electron chi connectivity index (χ1n) is 13.0. The van der Waals surface area contributed by atoms with Gasteiger partial charge in [0.05, 0.1) is 12.5 Å². The zero-order valence-electron chi connectivity index (χ0n) is 19.9. The van der Waals surface area contributed by atoms with E-state index in [2.05, 4.69) is 66.1 Å². The van der Waals surface area contributed by atoms with E-state index in [4.69, 9.17) is 0 Å². The number of imidazole rings is 1. The first kappa shape index (κ1) is 24.7. The van der Waals surface area contributed by atoms with Crippen LogP contribution in [0.1, 0.15) is 121 Å². The van der Waals surface area contributed by atoms with Crippen molar-refractivity contribution in [2.45, 2.75) is 123 Å². The Labute approximate surface area is 186 Å². The Bertz CT molecular complexity index is 631. The number of aryl methyl sites for hydroxylation is 2. The number of aromatic nitrogens is 2. The Morgan fingerprint density at radius 3 is 2.07 bits per heavy atom. The number of nitrogens with zero attached hydrogens (tertiary/aromatic N) is 1. The second-order valence-corrected chi connectivity index (χ2v) is 9.08. The molecule has 0 bridgehead atoms. The zero-order chi connectivity index (χ0) is 21.3. The van der Waals surface area contributed by atoms with Crippen LogP contribution in [0.15, 0.2) is 42.7 Å². The smallest absolute Gasteiger partial charge is 0.247 e. The van der Waals surface area contributed by atoms with E-state index in [1.165, 1.54) is 101 Å². The van der Waals surface area contributed by atoms with E-state index in [1.807, 2.05) is 0 Å². The molecule has 0 unspecified atom stereocenters. The lowest BCUT2D eigenvalue weighted by molar-refractivity contribution is -0.704. The zero-order valence-corrected chi connectivity index (χ0v) is 19.9. The number of hydrogen-bond acceptors (Lipinski definition) is 0. The van der Waals surface area contributed by atoms with Crippen LogP contribution < -0.4 is 4.57 Å². The van der Waals surface area contributed by atoms with Gasteiger partial charge in [0, 0.05) is 0 Å². The second kappa shape index (κ2) is 16.2. The number of hydrogen-bond donors (Lipinski definition) is 1. The molecule has 0 saturated carbocycles. The van der Waals surface area contributed by atoms with E-state index in [1.54, 1.807) is 0 Å². The van der Waals surface area contributed by atoms with Crippen molar-refractivity contribution in [2.24, 2.45) is 0 Å². The van der Waals surface area contributed by atoms with Gasteiger partial charge in [-0.15, -0.1) is 0 Å². The fourth-order valence-corrected chi connectivity index (χ4v) is 4.67. The van der Waals surface area contributed by atoms with E-state index < -0.39 is 0 Å². The summed E-state index contributed by atoms with van der Waals surface area (Å²) in [4.78, 5) is 3.59. The minimum Gasteiger partial charge on any atom is -0.247 e. The monoisotopic (exact) mass is 411 g/mol. The van der Waals surface area contributed by atoms with Gasteiger partial charge in [-0.2, -0.15) is 0 Å². The molecule has 1 heterocycles. The third kappa shape index (κ3) is 9.96. The predicted octanol–water partition coefficient (Wildman–Crippen LogP) is 8.13. The predicted molar refractivity (Wildman–Crippen MR) is 130 cm³/mol. The fraction of sp³-hybridized carbons (Fsp3) is 0.679. The lowest BCUT2D eigenvalue weighted by atomic mass is 9.95. The molecule has 2 rings (SSSR count). The van der Waals surface area contributed by atoms with Gasteiger partial charge in [0.1, 0.15) is 12.4 Å². The van der Waals surface area contributed by atoms with Crippen molar-refractivity contribution >= 4 is 0 Å². The summed E-state index contributed by atoms with van der Waals surface area (Å²) in [5, 5.41) is 0. The van der Waals surface area contributed by atoms with Gasteiger partial charge in [-0.3, -0.25) is 0 Å². The van der Waals surface area contributed by atoms with Crippen molar-refractivity contribution in [1.82, 2.24) is 4.98 Å². The highest BCUT2D eigenvalue weighted by molar-refractivity contribution is 5.14. The summed E-state index contributed by atoms with van der Waals surface area (Å²) >= 11 is 0. The average Bonchev–Trinajstić information content (AvgIpc) is 3.23. The molecule has 0 saturated heterocycles. The van der Waals surface area contributed by atoms with Gasteiger partial charge in [-0.05, 0) is 31.2 Å². The summed E-state index contributed by atoms with van der Waals surface area (Å²) in [5.74, 6) is 2.15. The van der Waals surface area contributed by atoms with Crippen molar-refractivity contribution in [3.05, 3.63) is 54.1 Å². The van der Waals surface area contributed by atoms with Gasteiger partial charge in [-0.1, -0.05) is 115 Å². The van der Waals surface area contributed by atoms with Crippen LogP contribution in [0.3, 0.4) is 0 Å². The standard InChI is InChI=1S/C28H46N2/c1-3-5-6-7-8-9-10-11-12-16-22-27(18-4-2)28-29-23-25-30(28)24-17-21-26-19-14-13-15-20-26/h13-15,19-20,23,25,27H,3-12,16-18,21-22,24H2,1-2H3/p+1/t27-/m0/s1. The van der Waals surface area contributed by atoms with Crippen molar-refractivity contribution in [2.75, 3.05) is 0 Å². The van der Waals surface area contributed by atoms with Gasteiger partial charge in [0.15, 0.2) is 0 Å². The molecule has 1 atom stereocenters. The molecule has 0 aliphatic rings. The molecule has 1 aromatic heterocycles. The maximum atomic E-state index is 3.59. The highest BCUT2D eigenvalue weighted by Gasteiger charge is 2.21. The minimum absolute atomic E-state index is 0.691. The fourth-order valence-electron chi connectivity index (χ4n) is 4.67. The van der Waals surface area contributed by atoms with Crippen LogP contribution in [0.2, 0.25) is 0 Å². The van der Waals surface area contributed by atoms with Gasteiger partial charge in [0.25, 0.3) is 5.82 Å². The van der Waals surface area contributed by atoms with Crippen molar-refractivity contribution in [1.29, 1.82) is 0 Å². The average molecular weight is 412 g/mol. The maximum Gasteiger partial charge on any atom is 0.257 e. The normalized spacial score (nSPS) is 12.3. The first-order chi connectivity index (χ1) is 14.8. The van der Waals surface area contributed by atoms with Gasteiger partial charge < -0.3 is 0 Å². The molecule has 0 aliphatic carbocycles. The molecule has 2 aromatic rings. The van der Waals surface area contributed by atoms with E-state index in [-0.39, 0.29) is 0 Å². The molecule has 2 heteroatoms. The Hall–Kier alpha value is -1.57. The molecular weight excluding hydrogens is 364 g/mol. The lowest BCUT2D eigenvalue weighted by Gasteiger charge is -2.13. The summed E-state index contributed by atoms with van der Waals surface area (Å²) in [6.45, 7) is 5.74. The molecule has 168 valence electrons. The Balaban J connectivity index is 1.67. The molecule has 2 nitrogen and oxygen atoms in total. The van der Waals surface area contributed by atoms with Gasteiger partial charge >= 0.3 is 0 Å². The Morgan fingerprint density at radius 2 is 1.40 bits per heavy atom. The van der Waals surface area contributed by atoms with E-state index in [0.29, 0.717) is 5.92 Å². The highest BCUT2D eigenvalue weighted by atomic mass is 15.1. The van der Waals surface area contributed by atoms with Gasteiger partial charge in [-0.25, -0.2) is 9.55 Å². The molecule has 0 radical (unpaired) electrons.